The quantitative estimate of drug-likeness (QED) is 0.581. The number of benzene rings is 2. The number of rotatable bonds is 4. The van der Waals surface area contributed by atoms with E-state index in [0.717, 1.165) is 58.6 Å². The van der Waals surface area contributed by atoms with Gasteiger partial charge in [-0.25, -0.2) is 4.98 Å². The number of nitrogens with one attached hydrogen (secondary N) is 1. The second kappa shape index (κ2) is 10.1. The fraction of sp³-hybridized carbons (Fsp3) is 0.400. The zero-order valence-electron chi connectivity index (χ0n) is 18.7. The van der Waals surface area contributed by atoms with Crippen LogP contribution in [0.1, 0.15) is 36.8 Å². The standard InChI is InChI=1S/C16H22N2O2.C9H11N3/c1-11(18-14-4-2-3-13(17)10-14)12-5-6-15-16(9-12)20-8-7-19-15;1-12-6-11-8-4-7(5-10)2-3-9(8)12/h5-6,9,13-14,18H,1-4,7-8,10,17H2;2-4,6H,5,10H2,1H3. The van der Waals surface area contributed by atoms with Gasteiger partial charge in [-0.3, -0.25) is 0 Å². The Bertz CT molecular complexity index is 1080. The number of ether oxygens (including phenoxy) is 2. The summed E-state index contributed by atoms with van der Waals surface area (Å²) in [6.45, 7) is 5.94. The van der Waals surface area contributed by atoms with E-state index in [1.54, 1.807) is 0 Å². The molecular formula is C25H33N5O2. The Labute approximate surface area is 189 Å². The Morgan fingerprint density at radius 2 is 1.97 bits per heavy atom. The molecule has 0 spiro atoms. The van der Waals surface area contributed by atoms with Crippen LogP contribution in [0, 0.1) is 0 Å². The monoisotopic (exact) mass is 435 g/mol. The Kier molecular flexibility index (Phi) is 6.97. The summed E-state index contributed by atoms with van der Waals surface area (Å²) in [5.74, 6) is 1.62. The lowest BCUT2D eigenvalue weighted by molar-refractivity contribution is 0.171. The van der Waals surface area contributed by atoms with Gasteiger partial charge in [-0.1, -0.05) is 12.6 Å². The summed E-state index contributed by atoms with van der Waals surface area (Å²) in [7, 11) is 1.98. The van der Waals surface area contributed by atoms with Crippen molar-refractivity contribution in [2.24, 2.45) is 18.5 Å². The van der Waals surface area contributed by atoms with E-state index in [0.29, 0.717) is 31.8 Å². The summed E-state index contributed by atoms with van der Waals surface area (Å²) < 4.78 is 13.1. The van der Waals surface area contributed by atoms with Crippen molar-refractivity contribution < 1.29 is 9.47 Å². The molecule has 1 aliphatic heterocycles. The molecule has 170 valence electrons. The summed E-state index contributed by atoms with van der Waals surface area (Å²) in [4.78, 5) is 4.23. The first kappa shape index (κ1) is 22.2. The average Bonchev–Trinajstić information content (AvgIpc) is 3.19. The van der Waals surface area contributed by atoms with Crippen LogP contribution in [-0.2, 0) is 13.6 Å². The summed E-state index contributed by atoms with van der Waals surface area (Å²) in [6, 6.07) is 12.8. The summed E-state index contributed by atoms with van der Waals surface area (Å²) >= 11 is 0. The van der Waals surface area contributed by atoms with Gasteiger partial charge in [0.1, 0.15) is 13.2 Å². The molecule has 1 aromatic heterocycles. The van der Waals surface area contributed by atoms with Gasteiger partial charge in [0.15, 0.2) is 11.5 Å². The molecule has 5 N–H and O–H groups in total. The molecule has 32 heavy (non-hydrogen) atoms. The van der Waals surface area contributed by atoms with Crippen molar-refractivity contribution in [1.82, 2.24) is 14.9 Å². The summed E-state index contributed by atoms with van der Waals surface area (Å²) in [5, 5.41) is 3.50. The van der Waals surface area contributed by atoms with Crippen LogP contribution in [0.4, 0.5) is 0 Å². The van der Waals surface area contributed by atoms with Crippen molar-refractivity contribution >= 4 is 16.7 Å². The van der Waals surface area contributed by atoms with Crippen molar-refractivity contribution in [1.29, 1.82) is 0 Å². The lowest BCUT2D eigenvalue weighted by Crippen LogP contribution is -2.38. The second-order valence-corrected chi connectivity index (χ2v) is 8.49. The number of hydrogen-bond acceptors (Lipinski definition) is 6. The molecule has 7 heteroatoms. The van der Waals surface area contributed by atoms with Crippen LogP contribution in [0.3, 0.4) is 0 Å². The second-order valence-electron chi connectivity index (χ2n) is 8.49. The number of aromatic nitrogens is 2. The highest BCUT2D eigenvalue weighted by atomic mass is 16.6. The lowest BCUT2D eigenvalue weighted by atomic mass is 9.91. The van der Waals surface area contributed by atoms with E-state index >= 15 is 0 Å². The number of hydrogen-bond donors (Lipinski definition) is 3. The maximum absolute atomic E-state index is 6.02. The number of nitrogens with zero attached hydrogens (tertiary/aromatic N) is 2. The largest absolute Gasteiger partial charge is 0.486 e. The molecule has 3 aromatic rings. The predicted octanol–water partition coefficient (Wildman–Crippen LogP) is 3.32. The molecule has 2 aliphatic rings. The first-order valence-electron chi connectivity index (χ1n) is 11.2. The smallest absolute Gasteiger partial charge is 0.162 e. The lowest BCUT2D eigenvalue weighted by Gasteiger charge is -2.29. The van der Waals surface area contributed by atoms with E-state index in [1.165, 1.54) is 6.42 Å². The molecule has 7 nitrogen and oxygen atoms in total. The fourth-order valence-electron chi connectivity index (χ4n) is 4.23. The zero-order chi connectivity index (χ0) is 22.5. The van der Waals surface area contributed by atoms with E-state index in [2.05, 4.69) is 16.9 Å². The molecule has 2 heterocycles. The molecule has 1 aliphatic carbocycles. The minimum Gasteiger partial charge on any atom is -0.486 e. The van der Waals surface area contributed by atoms with Gasteiger partial charge in [-0.05, 0) is 61.6 Å². The molecule has 0 saturated heterocycles. The molecular weight excluding hydrogens is 402 g/mol. The zero-order valence-corrected chi connectivity index (χ0v) is 18.7. The average molecular weight is 436 g/mol. The van der Waals surface area contributed by atoms with E-state index in [-0.39, 0.29) is 0 Å². The third-order valence-electron chi connectivity index (χ3n) is 6.01. The number of aryl methyl sites for hydroxylation is 1. The first-order valence-corrected chi connectivity index (χ1v) is 11.2. The SMILES string of the molecule is C=C(NC1CCCC(N)C1)c1ccc2c(c1)OCCO2.Cn1cnc2cc(CN)ccc21. The maximum atomic E-state index is 6.02. The van der Waals surface area contributed by atoms with Crippen LogP contribution in [0.5, 0.6) is 11.5 Å². The van der Waals surface area contributed by atoms with E-state index in [9.17, 15) is 0 Å². The van der Waals surface area contributed by atoms with Crippen LogP contribution in [0.15, 0.2) is 49.3 Å². The summed E-state index contributed by atoms with van der Waals surface area (Å²) in [5.41, 5.74) is 16.8. The molecule has 1 saturated carbocycles. The minimum atomic E-state index is 0.314. The van der Waals surface area contributed by atoms with Crippen molar-refractivity contribution in [2.45, 2.75) is 44.3 Å². The third kappa shape index (κ3) is 5.23. The Morgan fingerprint density at radius 3 is 2.75 bits per heavy atom. The van der Waals surface area contributed by atoms with Gasteiger partial charge in [0, 0.05) is 36.9 Å². The molecule has 1 fully saturated rings. The Balaban J connectivity index is 0.000000174. The van der Waals surface area contributed by atoms with Gasteiger partial charge >= 0.3 is 0 Å². The highest BCUT2D eigenvalue weighted by Gasteiger charge is 2.20. The van der Waals surface area contributed by atoms with Gasteiger partial charge in [0.05, 0.1) is 17.4 Å². The number of imidazole rings is 1. The molecule has 2 aromatic carbocycles. The van der Waals surface area contributed by atoms with Gasteiger partial charge in [-0.15, -0.1) is 0 Å². The maximum Gasteiger partial charge on any atom is 0.162 e. The third-order valence-corrected chi connectivity index (χ3v) is 6.01. The van der Waals surface area contributed by atoms with Crippen molar-refractivity contribution in [2.75, 3.05) is 13.2 Å². The van der Waals surface area contributed by atoms with Gasteiger partial charge in [0.2, 0.25) is 0 Å². The fourth-order valence-corrected chi connectivity index (χ4v) is 4.23. The summed E-state index contributed by atoms with van der Waals surface area (Å²) in [6.07, 6.45) is 6.31. The van der Waals surface area contributed by atoms with Crippen LogP contribution >= 0.6 is 0 Å². The number of fused-ring (bicyclic) bond motifs is 2. The van der Waals surface area contributed by atoms with E-state index in [4.69, 9.17) is 20.9 Å². The van der Waals surface area contributed by atoms with Crippen LogP contribution in [0.25, 0.3) is 16.7 Å². The topological polar surface area (TPSA) is 100 Å². The molecule has 5 rings (SSSR count). The molecule has 2 atom stereocenters. The van der Waals surface area contributed by atoms with Gasteiger partial charge < -0.3 is 30.8 Å². The van der Waals surface area contributed by atoms with E-state index in [1.807, 2.05) is 54.3 Å². The highest BCUT2D eigenvalue weighted by Crippen LogP contribution is 2.32. The molecule has 0 amide bonds. The van der Waals surface area contributed by atoms with Gasteiger partial charge in [0.25, 0.3) is 0 Å². The van der Waals surface area contributed by atoms with E-state index < -0.39 is 0 Å². The normalized spacial score (nSPS) is 19.7. The number of nitrogens with two attached hydrogens (primary N) is 2. The van der Waals surface area contributed by atoms with Crippen LogP contribution in [-0.4, -0.2) is 34.8 Å². The highest BCUT2D eigenvalue weighted by molar-refractivity contribution is 5.75. The van der Waals surface area contributed by atoms with Crippen molar-refractivity contribution in [3.8, 4) is 11.5 Å². The Morgan fingerprint density at radius 1 is 1.16 bits per heavy atom. The van der Waals surface area contributed by atoms with Crippen molar-refractivity contribution in [3.05, 3.63) is 60.4 Å². The van der Waals surface area contributed by atoms with Crippen LogP contribution < -0.4 is 26.3 Å². The molecule has 2 unspecified atom stereocenters. The van der Waals surface area contributed by atoms with Gasteiger partial charge in [-0.2, -0.15) is 0 Å². The Hall–Kier alpha value is -3.03. The minimum absolute atomic E-state index is 0.314. The molecule has 0 radical (unpaired) electrons. The molecule has 0 bridgehead atoms. The predicted molar refractivity (Wildman–Crippen MR) is 128 cm³/mol. The van der Waals surface area contributed by atoms with Crippen LogP contribution in [0.2, 0.25) is 0 Å². The van der Waals surface area contributed by atoms with Crippen molar-refractivity contribution in [3.63, 3.8) is 0 Å². The first-order chi connectivity index (χ1) is 15.5.